The lowest BCUT2D eigenvalue weighted by Crippen LogP contribution is -2.01. The summed E-state index contributed by atoms with van der Waals surface area (Å²) in [6.45, 7) is 0. The lowest BCUT2D eigenvalue weighted by Gasteiger charge is -1.99. The minimum Gasteiger partial charge on any atom is -0.378 e. The number of hydrogen-bond donors (Lipinski definition) is 1. The molecule has 2 N–H and O–H groups in total. The monoisotopic (exact) mass is 352 g/mol. The van der Waals surface area contributed by atoms with Crippen LogP contribution in [0, 0.1) is 0 Å². The first-order valence-corrected chi connectivity index (χ1v) is 8.87. The highest BCUT2D eigenvalue weighted by molar-refractivity contribution is 8.18. The molecular weight excluding hydrogens is 340 g/mol. The molecule has 0 unspecified atom stereocenters. The van der Waals surface area contributed by atoms with Crippen molar-refractivity contribution in [3.63, 3.8) is 0 Å². The van der Waals surface area contributed by atoms with Crippen molar-refractivity contribution in [2.24, 2.45) is 10.7 Å². The molecule has 2 aromatic heterocycles. The smallest absolute Gasteiger partial charge is 0.286 e. The van der Waals surface area contributed by atoms with Gasteiger partial charge in [0.15, 0.2) is 5.17 Å². The molecule has 1 aromatic carbocycles. The van der Waals surface area contributed by atoms with Gasteiger partial charge in [0, 0.05) is 11.8 Å². The second-order valence-corrected chi connectivity index (χ2v) is 7.07. The molecule has 0 spiro atoms. The van der Waals surface area contributed by atoms with Gasteiger partial charge in [-0.1, -0.05) is 24.3 Å². The Kier molecular flexibility index (Phi) is 3.79. The van der Waals surface area contributed by atoms with Gasteiger partial charge < -0.3 is 5.73 Å². The number of benzene rings is 1. The van der Waals surface area contributed by atoms with Gasteiger partial charge in [0.05, 0.1) is 15.5 Å². The van der Waals surface area contributed by atoms with Crippen molar-refractivity contribution in [1.82, 2.24) is 9.78 Å². The number of carbonyl (C=O) groups is 1. The number of thioether (sulfide) groups is 1. The molecular formula is C17H12N4OS2. The summed E-state index contributed by atoms with van der Waals surface area (Å²) in [4.78, 5) is 17.2. The van der Waals surface area contributed by atoms with Crippen molar-refractivity contribution in [1.29, 1.82) is 0 Å². The van der Waals surface area contributed by atoms with Crippen LogP contribution in [0.4, 0.5) is 0 Å². The summed E-state index contributed by atoms with van der Waals surface area (Å²) >= 11 is 2.79. The van der Waals surface area contributed by atoms with Gasteiger partial charge in [0.2, 0.25) is 0 Å². The van der Waals surface area contributed by atoms with Gasteiger partial charge in [-0.2, -0.15) is 10.1 Å². The number of thiophene rings is 1. The third kappa shape index (κ3) is 2.79. The van der Waals surface area contributed by atoms with Gasteiger partial charge in [-0.25, -0.2) is 4.68 Å². The van der Waals surface area contributed by atoms with Crippen molar-refractivity contribution in [2.45, 2.75) is 0 Å². The quantitative estimate of drug-likeness (QED) is 0.732. The Morgan fingerprint density at radius 2 is 1.96 bits per heavy atom. The summed E-state index contributed by atoms with van der Waals surface area (Å²) < 4.78 is 1.82. The molecule has 3 aromatic rings. The van der Waals surface area contributed by atoms with Crippen LogP contribution in [0.15, 0.2) is 63.9 Å². The molecule has 24 heavy (non-hydrogen) atoms. The normalized spacial score (nSPS) is 15.9. The van der Waals surface area contributed by atoms with Gasteiger partial charge in [0.1, 0.15) is 5.69 Å². The summed E-state index contributed by atoms with van der Waals surface area (Å²) in [5.41, 5.74) is 8.29. The topological polar surface area (TPSA) is 73.3 Å². The van der Waals surface area contributed by atoms with Gasteiger partial charge in [-0.15, -0.1) is 11.3 Å². The van der Waals surface area contributed by atoms with Crippen LogP contribution in [0.25, 0.3) is 22.3 Å². The highest BCUT2D eigenvalue weighted by Gasteiger charge is 2.21. The van der Waals surface area contributed by atoms with Crippen LogP contribution in [0.5, 0.6) is 0 Å². The van der Waals surface area contributed by atoms with Gasteiger partial charge in [-0.3, -0.25) is 4.79 Å². The van der Waals surface area contributed by atoms with Crippen LogP contribution in [0.3, 0.4) is 0 Å². The zero-order valence-corrected chi connectivity index (χ0v) is 14.1. The van der Waals surface area contributed by atoms with E-state index in [0.717, 1.165) is 21.8 Å². The van der Waals surface area contributed by atoms with Crippen molar-refractivity contribution < 1.29 is 4.79 Å². The standard InChI is InChI=1S/C17H12N4OS2/c18-17-19-16(22)14(24-17)9-11-10-21(12-5-2-1-3-6-12)20-15(11)13-7-4-8-23-13/h1-10H,(H2,18,19,22). The average Bonchev–Trinajstić information content (AvgIpc) is 3.29. The first-order valence-electron chi connectivity index (χ1n) is 7.18. The van der Waals surface area contributed by atoms with Crippen molar-refractivity contribution in [2.75, 3.05) is 0 Å². The molecule has 0 bridgehead atoms. The largest absolute Gasteiger partial charge is 0.378 e. The number of rotatable bonds is 3. The van der Waals surface area contributed by atoms with Gasteiger partial charge in [-0.05, 0) is 41.4 Å². The maximum Gasteiger partial charge on any atom is 0.286 e. The molecule has 1 aliphatic rings. The Labute approximate surface area is 146 Å². The van der Waals surface area contributed by atoms with Crippen LogP contribution in [0.1, 0.15) is 5.56 Å². The number of amidine groups is 1. The van der Waals surface area contributed by atoms with E-state index in [2.05, 4.69) is 4.99 Å². The van der Waals surface area contributed by atoms with Crippen molar-refractivity contribution >= 4 is 40.2 Å². The number of para-hydroxylation sites is 1. The van der Waals surface area contributed by atoms with Crippen LogP contribution in [0.2, 0.25) is 0 Å². The predicted molar refractivity (Wildman–Crippen MR) is 99.1 cm³/mol. The molecule has 7 heteroatoms. The predicted octanol–water partition coefficient (Wildman–Crippen LogP) is 3.53. The Morgan fingerprint density at radius 3 is 2.62 bits per heavy atom. The average molecular weight is 352 g/mol. The number of hydrogen-bond acceptors (Lipinski definition) is 5. The fourth-order valence-electron chi connectivity index (χ4n) is 2.38. The molecule has 3 heterocycles. The summed E-state index contributed by atoms with van der Waals surface area (Å²) in [5.74, 6) is -0.304. The number of nitrogens with zero attached hydrogens (tertiary/aromatic N) is 3. The minimum absolute atomic E-state index is 0.277. The summed E-state index contributed by atoms with van der Waals surface area (Å²) in [7, 11) is 0. The van der Waals surface area contributed by atoms with E-state index in [1.54, 1.807) is 17.4 Å². The second kappa shape index (κ2) is 6.10. The van der Waals surface area contributed by atoms with E-state index in [-0.39, 0.29) is 11.1 Å². The van der Waals surface area contributed by atoms with E-state index in [0.29, 0.717) is 4.91 Å². The number of amides is 1. The van der Waals surface area contributed by atoms with Gasteiger partial charge >= 0.3 is 0 Å². The van der Waals surface area contributed by atoms with Crippen LogP contribution in [-0.4, -0.2) is 20.9 Å². The number of carbonyl (C=O) groups excluding carboxylic acids is 1. The third-order valence-corrected chi connectivity index (χ3v) is 5.13. The third-order valence-electron chi connectivity index (χ3n) is 3.44. The molecule has 0 atom stereocenters. The van der Waals surface area contributed by atoms with E-state index in [9.17, 15) is 4.79 Å². The molecule has 0 saturated carbocycles. The lowest BCUT2D eigenvalue weighted by atomic mass is 10.2. The number of nitrogens with two attached hydrogens (primary N) is 1. The van der Waals surface area contributed by atoms with Gasteiger partial charge in [0.25, 0.3) is 5.91 Å². The Balaban J connectivity index is 1.82. The molecule has 5 nitrogen and oxygen atoms in total. The zero-order valence-electron chi connectivity index (χ0n) is 12.4. The molecule has 1 aliphatic heterocycles. The van der Waals surface area contributed by atoms with Crippen molar-refractivity contribution in [3.8, 4) is 16.3 Å². The molecule has 1 amide bonds. The Bertz CT molecular complexity index is 956. The summed E-state index contributed by atoms with van der Waals surface area (Å²) in [5, 5.41) is 6.98. The molecule has 0 aliphatic carbocycles. The van der Waals surface area contributed by atoms with Crippen LogP contribution < -0.4 is 5.73 Å². The van der Waals surface area contributed by atoms with E-state index in [4.69, 9.17) is 10.8 Å². The Hall–Kier alpha value is -2.64. The minimum atomic E-state index is -0.304. The molecule has 4 rings (SSSR count). The fourth-order valence-corrected chi connectivity index (χ4v) is 3.78. The Morgan fingerprint density at radius 1 is 1.12 bits per heavy atom. The van der Waals surface area contributed by atoms with E-state index >= 15 is 0 Å². The summed E-state index contributed by atoms with van der Waals surface area (Å²) in [6, 6.07) is 13.9. The highest BCUT2D eigenvalue weighted by Crippen LogP contribution is 2.32. The van der Waals surface area contributed by atoms with E-state index in [1.165, 1.54) is 11.8 Å². The molecule has 0 fully saturated rings. The molecule has 0 saturated heterocycles. The second-order valence-electron chi connectivity index (χ2n) is 5.06. The first kappa shape index (κ1) is 14.9. The highest BCUT2D eigenvalue weighted by atomic mass is 32.2. The van der Waals surface area contributed by atoms with Crippen LogP contribution in [-0.2, 0) is 4.79 Å². The lowest BCUT2D eigenvalue weighted by molar-refractivity contribution is -0.113. The SMILES string of the molecule is NC1=NC(=O)C(=Cc2cn(-c3ccccc3)nc2-c2cccs2)S1. The molecule has 118 valence electrons. The zero-order chi connectivity index (χ0) is 16.5. The van der Waals surface area contributed by atoms with E-state index in [1.807, 2.05) is 58.7 Å². The fraction of sp³-hybridized carbons (Fsp3) is 0. The van der Waals surface area contributed by atoms with Crippen LogP contribution >= 0.6 is 23.1 Å². The number of aromatic nitrogens is 2. The number of aliphatic imine (C=N–C) groups is 1. The molecule has 0 radical (unpaired) electrons. The van der Waals surface area contributed by atoms with Crippen molar-refractivity contribution in [3.05, 3.63) is 64.5 Å². The summed E-state index contributed by atoms with van der Waals surface area (Å²) in [6.07, 6.45) is 3.72. The van der Waals surface area contributed by atoms with E-state index < -0.39 is 0 Å². The first-order chi connectivity index (χ1) is 11.7. The maximum atomic E-state index is 11.9. The maximum absolute atomic E-state index is 11.9.